The first-order valence-electron chi connectivity index (χ1n) is 7.12. The zero-order chi connectivity index (χ0) is 13.0. The highest BCUT2D eigenvalue weighted by Gasteiger charge is 2.32. The number of hydrogen-bond donors (Lipinski definition) is 1. The van der Waals surface area contributed by atoms with E-state index < -0.39 is 0 Å². The first-order valence-corrected chi connectivity index (χ1v) is 7.12. The summed E-state index contributed by atoms with van der Waals surface area (Å²) in [5.41, 5.74) is 0. The zero-order valence-corrected chi connectivity index (χ0v) is 11.7. The van der Waals surface area contributed by atoms with Crippen LogP contribution in [0.15, 0.2) is 12.4 Å². The monoisotopic (exact) mass is 251 g/mol. The third kappa shape index (κ3) is 2.93. The molecule has 3 atom stereocenters. The quantitative estimate of drug-likeness (QED) is 0.843. The molecule has 4 heteroatoms. The van der Waals surface area contributed by atoms with E-state index in [0.29, 0.717) is 18.1 Å². The van der Waals surface area contributed by atoms with E-state index in [1.54, 1.807) is 0 Å². The van der Waals surface area contributed by atoms with Crippen molar-refractivity contribution in [3.05, 3.63) is 18.2 Å². The maximum absolute atomic E-state index is 5.71. The van der Waals surface area contributed by atoms with Gasteiger partial charge in [-0.2, -0.15) is 0 Å². The molecule has 1 fully saturated rings. The van der Waals surface area contributed by atoms with Crippen LogP contribution in [0, 0.1) is 5.92 Å². The van der Waals surface area contributed by atoms with Gasteiger partial charge in [0.25, 0.3) is 0 Å². The fourth-order valence-corrected chi connectivity index (χ4v) is 2.80. The number of imidazole rings is 1. The Morgan fingerprint density at radius 2 is 2.39 bits per heavy atom. The Kier molecular flexibility index (Phi) is 4.78. The second-order valence-corrected chi connectivity index (χ2v) is 5.15. The first kappa shape index (κ1) is 13.6. The van der Waals surface area contributed by atoms with Gasteiger partial charge in [-0.3, -0.25) is 0 Å². The average molecular weight is 251 g/mol. The molecule has 1 saturated heterocycles. The Morgan fingerprint density at radius 1 is 1.56 bits per heavy atom. The lowest BCUT2D eigenvalue weighted by atomic mass is 9.96. The summed E-state index contributed by atoms with van der Waals surface area (Å²) in [6.45, 7) is 9.36. The third-order valence-corrected chi connectivity index (χ3v) is 3.62. The van der Waals surface area contributed by atoms with Crippen LogP contribution in [0.3, 0.4) is 0 Å². The Bertz CT molecular complexity index is 364. The largest absolute Gasteiger partial charge is 0.378 e. The van der Waals surface area contributed by atoms with Gasteiger partial charge in [-0.1, -0.05) is 13.8 Å². The summed E-state index contributed by atoms with van der Waals surface area (Å²) in [6, 6.07) is 0.321. The van der Waals surface area contributed by atoms with Gasteiger partial charge in [0.05, 0.1) is 18.8 Å². The standard InChI is InChI=1S/C14H25N3O/c1-4-7-17-8-6-16-14(17)13(15-5-2)12-9-11(3)18-10-12/h6,8,11-13,15H,4-5,7,9-10H2,1-3H3. The van der Waals surface area contributed by atoms with Crippen LogP contribution < -0.4 is 5.32 Å². The maximum Gasteiger partial charge on any atom is 0.126 e. The lowest BCUT2D eigenvalue weighted by molar-refractivity contribution is 0.116. The van der Waals surface area contributed by atoms with E-state index in [0.717, 1.165) is 32.5 Å². The van der Waals surface area contributed by atoms with Crippen LogP contribution in [-0.4, -0.2) is 28.8 Å². The number of nitrogens with zero attached hydrogens (tertiary/aromatic N) is 2. The van der Waals surface area contributed by atoms with Crippen molar-refractivity contribution in [1.82, 2.24) is 14.9 Å². The van der Waals surface area contributed by atoms with Gasteiger partial charge in [-0.05, 0) is 26.3 Å². The summed E-state index contributed by atoms with van der Waals surface area (Å²) in [6.07, 6.45) is 6.64. The van der Waals surface area contributed by atoms with Gasteiger partial charge in [0.15, 0.2) is 0 Å². The Hall–Kier alpha value is -0.870. The van der Waals surface area contributed by atoms with E-state index >= 15 is 0 Å². The van der Waals surface area contributed by atoms with E-state index in [2.05, 4.69) is 41.8 Å². The number of rotatable bonds is 6. The second-order valence-electron chi connectivity index (χ2n) is 5.15. The summed E-state index contributed by atoms with van der Waals surface area (Å²) >= 11 is 0. The maximum atomic E-state index is 5.71. The van der Waals surface area contributed by atoms with Crippen LogP contribution in [-0.2, 0) is 11.3 Å². The van der Waals surface area contributed by atoms with Crippen LogP contribution in [0.25, 0.3) is 0 Å². The van der Waals surface area contributed by atoms with Crippen LogP contribution in [0.2, 0.25) is 0 Å². The molecule has 1 N–H and O–H groups in total. The summed E-state index contributed by atoms with van der Waals surface area (Å²) in [5.74, 6) is 1.71. The van der Waals surface area contributed by atoms with Crippen molar-refractivity contribution < 1.29 is 4.74 Å². The van der Waals surface area contributed by atoms with E-state index in [1.807, 2.05) is 6.20 Å². The summed E-state index contributed by atoms with van der Waals surface area (Å²) in [4.78, 5) is 4.57. The van der Waals surface area contributed by atoms with E-state index in [9.17, 15) is 0 Å². The molecule has 0 bridgehead atoms. The second kappa shape index (κ2) is 6.34. The van der Waals surface area contributed by atoms with Gasteiger partial charge in [-0.15, -0.1) is 0 Å². The molecule has 1 aliphatic rings. The van der Waals surface area contributed by atoms with Crippen LogP contribution >= 0.6 is 0 Å². The Morgan fingerprint density at radius 3 is 3.00 bits per heavy atom. The lowest BCUT2D eigenvalue weighted by Crippen LogP contribution is -2.31. The first-order chi connectivity index (χ1) is 8.76. The van der Waals surface area contributed by atoms with Crippen molar-refractivity contribution in [1.29, 1.82) is 0 Å². The highest BCUT2D eigenvalue weighted by molar-refractivity contribution is 5.03. The smallest absolute Gasteiger partial charge is 0.126 e. The van der Waals surface area contributed by atoms with Crippen molar-refractivity contribution in [3.63, 3.8) is 0 Å². The Balaban J connectivity index is 2.15. The van der Waals surface area contributed by atoms with Gasteiger partial charge >= 0.3 is 0 Å². The van der Waals surface area contributed by atoms with Gasteiger partial charge in [-0.25, -0.2) is 4.98 Å². The molecule has 3 unspecified atom stereocenters. The van der Waals surface area contributed by atoms with E-state index in [1.165, 1.54) is 5.82 Å². The van der Waals surface area contributed by atoms with Crippen LogP contribution in [0.1, 0.15) is 45.5 Å². The van der Waals surface area contributed by atoms with Crippen molar-refractivity contribution in [2.75, 3.05) is 13.2 Å². The molecule has 2 rings (SSSR count). The molecule has 0 saturated carbocycles. The molecule has 1 aromatic heterocycles. The predicted octanol–water partition coefficient (Wildman–Crippen LogP) is 2.37. The van der Waals surface area contributed by atoms with Crippen LogP contribution in [0.5, 0.6) is 0 Å². The Labute approximate surface area is 110 Å². The molecular weight excluding hydrogens is 226 g/mol. The molecule has 0 spiro atoms. The normalized spacial score (nSPS) is 25.5. The number of hydrogen-bond acceptors (Lipinski definition) is 3. The SMILES string of the molecule is CCCn1ccnc1C(NCC)C1COC(C)C1. The van der Waals surface area contributed by atoms with Gasteiger partial charge < -0.3 is 14.6 Å². The fourth-order valence-electron chi connectivity index (χ4n) is 2.80. The topological polar surface area (TPSA) is 39.1 Å². The minimum atomic E-state index is 0.321. The molecule has 0 amide bonds. The molecule has 0 radical (unpaired) electrons. The molecule has 1 aliphatic heterocycles. The van der Waals surface area contributed by atoms with E-state index in [4.69, 9.17) is 4.74 Å². The minimum absolute atomic E-state index is 0.321. The molecule has 2 heterocycles. The average Bonchev–Trinajstić information content (AvgIpc) is 2.96. The summed E-state index contributed by atoms with van der Waals surface area (Å²) in [7, 11) is 0. The summed E-state index contributed by atoms with van der Waals surface area (Å²) in [5, 5.41) is 3.58. The predicted molar refractivity (Wildman–Crippen MR) is 72.5 cm³/mol. The minimum Gasteiger partial charge on any atom is -0.378 e. The molecule has 0 aliphatic carbocycles. The molecular formula is C14H25N3O. The van der Waals surface area contributed by atoms with Gasteiger partial charge in [0, 0.05) is 24.9 Å². The van der Waals surface area contributed by atoms with Crippen LogP contribution in [0.4, 0.5) is 0 Å². The number of aromatic nitrogens is 2. The van der Waals surface area contributed by atoms with Crippen molar-refractivity contribution in [2.24, 2.45) is 5.92 Å². The molecule has 0 aromatic carbocycles. The number of nitrogens with one attached hydrogen (secondary N) is 1. The fraction of sp³-hybridized carbons (Fsp3) is 0.786. The van der Waals surface area contributed by atoms with Crippen molar-refractivity contribution >= 4 is 0 Å². The van der Waals surface area contributed by atoms with Gasteiger partial charge in [0.1, 0.15) is 5.82 Å². The molecule has 102 valence electrons. The number of ether oxygens (including phenoxy) is 1. The lowest BCUT2D eigenvalue weighted by Gasteiger charge is -2.23. The van der Waals surface area contributed by atoms with Crippen molar-refractivity contribution in [2.45, 2.75) is 52.3 Å². The highest BCUT2D eigenvalue weighted by atomic mass is 16.5. The summed E-state index contributed by atoms with van der Waals surface area (Å²) < 4.78 is 7.99. The zero-order valence-electron chi connectivity index (χ0n) is 11.7. The molecule has 4 nitrogen and oxygen atoms in total. The van der Waals surface area contributed by atoms with Crippen molar-refractivity contribution in [3.8, 4) is 0 Å². The third-order valence-electron chi connectivity index (χ3n) is 3.62. The molecule has 1 aromatic rings. The number of aryl methyl sites for hydroxylation is 1. The molecule has 18 heavy (non-hydrogen) atoms. The highest BCUT2D eigenvalue weighted by Crippen LogP contribution is 2.31. The van der Waals surface area contributed by atoms with E-state index in [-0.39, 0.29) is 0 Å². The van der Waals surface area contributed by atoms with Gasteiger partial charge in [0.2, 0.25) is 0 Å².